The van der Waals surface area contributed by atoms with Crippen LogP contribution in [0.2, 0.25) is 5.02 Å². The number of hydrogen-bond donors (Lipinski definition) is 3. The number of aromatic nitrogens is 3. The number of halogens is 3. The number of nitriles is 1. The summed E-state index contributed by atoms with van der Waals surface area (Å²) >= 11 is 6.45. The van der Waals surface area contributed by atoms with Gasteiger partial charge in [0.05, 0.1) is 21.6 Å². The third-order valence-corrected chi connectivity index (χ3v) is 7.74. The number of pyridine rings is 1. The summed E-state index contributed by atoms with van der Waals surface area (Å²) in [6.07, 6.45) is -0.122. The SMILES string of the molecule is CNC(=O)CCn1c(=O)c(=O)n(C)c2ccc(Nc3nc(N4CC(C)C(F)(F)C(CCO)C4)c(C#N)cc3Cl)cc21. The number of piperidine rings is 1. The molecule has 1 aliphatic rings. The lowest BCUT2D eigenvalue weighted by Crippen LogP contribution is -2.53. The number of fused-ring (bicyclic) bond motifs is 1. The lowest BCUT2D eigenvalue weighted by molar-refractivity contribution is -0.120. The zero-order valence-electron chi connectivity index (χ0n) is 22.7. The molecule has 4 rings (SSSR count). The first-order valence-corrected chi connectivity index (χ1v) is 13.4. The Morgan fingerprint density at radius 2 is 1.98 bits per heavy atom. The molecule has 2 aromatic heterocycles. The Morgan fingerprint density at radius 1 is 1.24 bits per heavy atom. The van der Waals surface area contributed by atoms with Crippen molar-refractivity contribution >= 4 is 45.9 Å². The van der Waals surface area contributed by atoms with Crippen LogP contribution in [0.4, 0.5) is 26.1 Å². The van der Waals surface area contributed by atoms with Crippen molar-refractivity contribution in [2.24, 2.45) is 18.9 Å². The molecular weight excluding hydrogens is 560 g/mol. The number of aliphatic hydroxyl groups excluding tert-OH is 1. The number of hydrogen-bond acceptors (Lipinski definition) is 8. The first-order valence-electron chi connectivity index (χ1n) is 13.0. The molecule has 1 aliphatic heterocycles. The molecule has 0 saturated carbocycles. The van der Waals surface area contributed by atoms with Crippen molar-refractivity contribution in [2.75, 3.05) is 37.0 Å². The van der Waals surface area contributed by atoms with Crippen LogP contribution in [-0.2, 0) is 18.4 Å². The smallest absolute Gasteiger partial charge is 0.316 e. The fraction of sp³-hybridized carbons (Fsp3) is 0.444. The van der Waals surface area contributed by atoms with E-state index in [0.29, 0.717) is 16.7 Å². The summed E-state index contributed by atoms with van der Waals surface area (Å²) in [4.78, 5) is 43.3. The number of carbonyl (C=O) groups excluding carboxylic acids is 1. The molecule has 11 nitrogen and oxygen atoms in total. The molecular formula is C27H30ClF2N7O4. The third-order valence-electron chi connectivity index (χ3n) is 7.45. The summed E-state index contributed by atoms with van der Waals surface area (Å²) in [6.45, 7) is 0.834. The zero-order valence-corrected chi connectivity index (χ0v) is 23.5. The molecule has 0 aliphatic carbocycles. The highest BCUT2D eigenvalue weighted by Gasteiger charge is 2.49. The number of aliphatic hydroxyl groups is 1. The predicted molar refractivity (Wildman–Crippen MR) is 151 cm³/mol. The van der Waals surface area contributed by atoms with Crippen LogP contribution in [0.3, 0.4) is 0 Å². The summed E-state index contributed by atoms with van der Waals surface area (Å²) in [5.41, 5.74) is -0.142. The first-order chi connectivity index (χ1) is 19.4. The monoisotopic (exact) mass is 589 g/mol. The number of nitrogens with one attached hydrogen (secondary N) is 2. The highest BCUT2D eigenvalue weighted by Crippen LogP contribution is 2.42. The molecule has 1 aromatic carbocycles. The maximum Gasteiger partial charge on any atom is 0.316 e. The van der Waals surface area contributed by atoms with E-state index in [1.54, 1.807) is 23.1 Å². The minimum atomic E-state index is -2.99. The molecule has 2 unspecified atom stereocenters. The van der Waals surface area contributed by atoms with Gasteiger partial charge in [-0.1, -0.05) is 18.5 Å². The fourth-order valence-electron chi connectivity index (χ4n) is 5.10. The highest BCUT2D eigenvalue weighted by atomic mass is 35.5. The molecule has 3 N–H and O–H groups in total. The Balaban J connectivity index is 1.75. The Bertz CT molecular complexity index is 1650. The molecule has 0 bridgehead atoms. The molecule has 14 heteroatoms. The van der Waals surface area contributed by atoms with E-state index in [1.165, 1.54) is 36.2 Å². The van der Waals surface area contributed by atoms with Crippen LogP contribution in [0.5, 0.6) is 0 Å². The number of alkyl halides is 2. The standard InChI is InChI=1S/C27H30ClF2N7O4/c1-15-13-36(14-17(7-9-38)27(15,29)30)24-16(12-31)10-19(28)23(34-24)33-18-4-5-20-21(11-18)37(8-6-22(39)32-2)26(41)25(40)35(20)3/h4-5,10-11,15,17,38H,6-9,13-14H2,1-3H3,(H,32,39)(H,33,34). The largest absolute Gasteiger partial charge is 0.396 e. The van der Waals surface area contributed by atoms with Gasteiger partial charge in [0.15, 0.2) is 5.82 Å². The van der Waals surface area contributed by atoms with Gasteiger partial charge < -0.3 is 29.8 Å². The van der Waals surface area contributed by atoms with E-state index in [1.807, 2.05) is 6.07 Å². The molecule has 1 fully saturated rings. The third kappa shape index (κ3) is 5.75. The van der Waals surface area contributed by atoms with Crippen molar-refractivity contribution in [1.29, 1.82) is 5.26 Å². The maximum atomic E-state index is 14.8. The average molecular weight is 590 g/mol. The second-order valence-corrected chi connectivity index (χ2v) is 10.5. The van der Waals surface area contributed by atoms with Crippen molar-refractivity contribution in [2.45, 2.75) is 32.2 Å². The molecule has 1 amide bonds. The van der Waals surface area contributed by atoms with Crippen LogP contribution in [0, 0.1) is 23.2 Å². The second-order valence-electron chi connectivity index (χ2n) is 10.1. The van der Waals surface area contributed by atoms with Crippen LogP contribution < -0.4 is 26.7 Å². The second kappa shape index (κ2) is 11.8. The van der Waals surface area contributed by atoms with Gasteiger partial charge in [0, 0.05) is 64.3 Å². The first kappa shape index (κ1) is 30.0. The molecule has 0 radical (unpaired) electrons. The quantitative estimate of drug-likeness (QED) is 0.340. The van der Waals surface area contributed by atoms with Crippen LogP contribution >= 0.6 is 11.6 Å². The van der Waals surface area contributed by atoms with Gasteiger partial charge in [-0.2, -0.15) is 5.26 Å². The van der Waals surface area contributed by atoms with Gasteiger partial charge in [-0.15, -0.1) is 0 Å². The molecule has 41 heavy (non-hydrogen) atoms. The van der Waals surface area contributed by atoms with Crippen molar-refractivity contribution in [3.05, 3.63) is 55.6 Å². The summed E-state index contributed by atoms with van der Waals surface area (Å²) in [5, 5.41) is 24.8. The normalized spacial score (nSPS) is 18.2. The zero-order chi connectivity index (χ0) is 30.1. The van der Waals surface area contributed by atoms with Gasteiger partial charge in [0.1, 0.15) is 11.9 Å². The fourth-order valence-corrected chi connectivity index (χ4v) is 5.29. The maximum absolute atomic E-state index is 14.8. The number of anilines is 3. The summed E-state index contributed by atoms with van der Waals surface area (Å²) < 4.78 is 32.0. The van der Waals surface area contributed by atoms with E-state index in [9.17, 15) is 33.5 Å². The summed E-state index contributed by atoms with van der Waals surface area (Å²) in [5.74, 6) is -5.14. The topological polar surface area (TPSA) is 145 Å². The minimum Gasteiger partial charge on any atom is -0.396 e. The van der Waals surface area contributed by atoms with Crippen molar-refractivity contribution in [3.8, 4) is 6.07 Å². The molecule has 3 aromatic rings. The van der Waals surface area contributed by atoms with Crippen molar-refractivity contribution < 1.29 is 18.7 Å². The average Bonchev–Trinajstić information content (AvgIpc) is 2.95. The van der Waals surface area contributed by atoms with Crippen LogP contribution in [0.1, 0.15) is 25.3 Å². The number of carbonyl (C=O) groups is 1. The van der Waals surface area contributed by atoms with Crippen LogP contribution in [-0.4, -0.2) is 57.8 Å². The predicted octanol–water partition coefficient (Wildman–Crippen LogP) is 2.59. The molecule has 2 atom stereocenters. The Hall–Kier alpha value is -4.02. The van der Waals surface area contributed by atoms with E-state index < -0.39 is 35.5 Å². The van der Waals surface area contributed by atoms with E-state index in [2.05, 4.69) is 15.6 Å². The van der Waals surface area contributed by atoms with Crippen molar-refractivity contribution in [3.63, 3.8) is 0 Å². The van der Waals surface area contributed by atoms with Gasteiger partial charge in [-0.05, 0) is 30.7 Å². The van der Waals surface area contributed by atoms with Crippen LogP contribution in [0.15, 0.2) is 33.9 Å². The number of rotatable bonds is 8. The highest BCUT2D eigenvalue weighted by molar-refractivity contribution is 6.33. The Labute approximate surface area is 239 Å². The van der Waals surface area contributed by atoms with E-state index >= 15 is 0 Å². The number of nitrogens with zero attached hydrogens (tertiary/aromatic N) is 5. The van der Waals surface area contributed by atoms with Crippen molar-refractivity contribution in [1.82, 2.24) is 19.4 Å². The number of amides is 1. The van der Waals surface area contributed by atoms with Gasteiger partial charge in [-0.25, -0.2) is 13.8 Å². The molecule has 0 spiro atoms. The minimum absolute atomic E-state index is 0.0206. The molecule has 218 valence electrons. The van der Waals surface area contributed by atoms with E-state index in [0.717, 1.165) is 0 Å². The molecule has 3 heterocycles. The number of aryl methyl sites for hydroxylation is 2. The summed E-state index contributed by atoms with van der Waals surface area (Å²) in [6, 6.07) is 8.30. The lowest BCUT2D eigenvalue weighted by atomic mass is 9.84. The Kier molecular flexibility index (Phi) is 8.65. The van der Waals surface area contributed by atoms with Crippen LogP contribution in [0.25, 0.3) is 11.0 Å². The summed E-state index contributed by atoms with van der Waals surface area (Å²) in [7, 11) is 2.95. The molecule has 1 saturated heterocycles. The number of benzene rings is 1. The van der Waals surface area contributed by atoms with E-state index in [-0.39, 0.29) is 60.6 Å². The van der Waals surface area contributed by atoms with Gasteiger partial charge in [-0.3, -0.25) is 14.4 Å². The van der Waals surface area contributed by atoms with Gasteiger partial charge in [0.2, 0.25) is 5.91 Å². The lowest BCUT2D eigenvalue weighted by Gasteiger charge is -2.43. The van der Waals surface area contributed by atoms with Gasteiger partial charge >= 0.3 is 11.1 Å². The van der Waals surface area contributed by atoms with E-state index in [4.69, 9.17) is 11.6 Å². The Morgan fingerprint density at radius 3 is 2.63 bits per heavy atom. The van der Waals surface area contributed by atoms with Gasteiger partial charge in [0.25, 0.3) is 5.92 Å².